The van der Waals surface area contributed by atoms with E-state index in [0.29, 0.717) is 18.8 Å². The van der Waals surface area contributed by atoms with Crippen molar-refractivity contribution in [1.29, 1.82) is 0 Å². The van der Waals surface area contributed by atoms with Gasteiger partial charge in [0.2, 0.25) is 5.91 Å². The van der Waals surface area contributed by atoms with Crippen LogP contribution in [0.1, 0.15) is 0 Å². The molecule has 0 N–H and O–H groups in total. The molecule has 0 aliphatic carbocycles. The van der Waals surface area contributed by atoms with Gasteiger partial charge in [0, 0.05) is 42.8 Å². The number of piperazine rings is 1. The molecule has 3 heterocycles. The lowest BCUT2D eigenvalue weighted by Gasteiger charge is -2.36. The number of rotatable bonds is 5. The summed E-state index contributed by atoms with van der Waals surface area (Å²) in [6, 6.07) is 16.7. The van der Waals surface area contributed by atoms with Gasteiger partial charge in [-0.05, 0) is 29.8 Å². The number of carbonyl (C=O) groups is 1. The molecular weight excluding hydrogens is 443 g/mol. The minimum absolute atomic E-state index is 0.108. The first kappa shape index (κ1) is 20.9. The lowest BCUT2D eigenvalue weighted by Crippen LogP contribution is -2.49. The summed E-state index contributed by atoms with van der Waals surface area (Å²) in [5, 5.41) is 3.96. The number of aromatic nitrogens is 2. The molecule has 32 heavy (non-hydrogen) atoms. The molecule has 2 aromatic heterocycles. The first-order valence-corrected chi connectivity index (χ1v) is 12.2. The summed E-state index contributed by atoms with van der Waals surface area (Å²) < 4.78 is 13.2. The Hall–Kier alpha value is -2.97. The van der Waals surface area contributed by atoms with Crippen molar-refractivity contribution in [3.63, 3.8) is 0 Å². The zero-order chi connectivity index (χ0) is 21.9. The number of nitrogens with zero attached hydrogens (tertiary/aromatic N) is 4. The Morgan fingerprint density at radius 1 is 1.00 bits per heavy atom. The van der Waals surface area contributed by atoms with Gasteiger partial charge in [-0.15, -0.1) is 11.3 Å². The van der Waals surface area contributed by atoms with E-state index in [2.05, 4.69) is 32.4 Å². The summed E-state index contributed by atoms with van der Waals surface area (Å²) >= 11 is 3.07. The van der Waals surface area contributed by atoms with Gasteiger partial charge in [0.1, 0.15) is 22.0 Å². The first-order chi connectivity index (χ1) is 15.7. The number of anilines is 1. The smallest absolute Gasteiger partial charge is 0.233 e. The Morgan fingerprint density at radius 2 is 1.75 bits per heavy atom. The number of thioether (sulfide) groups is 1. The van der Waals surface area contributed by atoms with Crippen molar-refractivity contribution in [3.8, 4) is 11.1 Å². The number of carbonyl (C=O) groups excluding carboxylic acids is 1. The molecule has 1 aliphatic heterocycles. The summed E-state index contributed by atoms with van der Waals surface area (Å²) in [6.45, 7) is 2.79. The average Bonchev–Trinajstić information content (AvgIpc) is 3.29. The molecule has 5 nitrogen and oxygen atoms in total. The van der Waals surface area contributed by atoms with Gasteiger partial charge in [-0.1, -0.05) is 42.1 Å². The normalized spacial score (nSPS) is 14.2. The molecule has 4 aromatic rings. The minimum atomic E-state index is -0.237. The van der Waals surface area contributed by atoms with Gasteiger partial charge in [-0.25, -0.2) is 14.4 Å². The molecule has 5 rings (SSSR count). The zero-order valence-electron chi connectivity index (χ0n) is 17.3. The van der Waals surface area contributed by atoms with E-state index in [1.165, 1.54) is 23.9 Å². The fourth-order valence-electron chi connectivity index (χ4n) is 3.87. The molecule has 8 heteroatoms. The topological polar surface area (TPSA) is 49.3 Å². The third-order valence-corrected chi connectivity index (χ3v) is 7.44. The maximum atomic E-state index is 13.2. The van der Waals surface area contributed by atoms with E-state index in [4.69, 9.17) is 0 Å². The van der Waals surface area contributed by atoms with E-state index in [1.54, 1.807) is 29.8 Å². The van der Waals surface area contributed by atoms with Crippen LogP contribution in [0.3, 0.4) is 0 Å². The Labute approximate surface area is 193 Å². The highest BCUT2D eigenvalue weighted by molar-refractivity contribution is 8.00. The van der Waals surface area contributed by atoms with Crippen LogP contribution in [0, 0.1) is 5.82 Å². The van der Waals surface area contributed by atoms with Crippen LogP contribution in [0.25, 0.3) is 21.3 Å². The summed E-state index contributed by atoms with van der Waals surface area (Å²) in [5.74, 6) is 0.212. The van der Waals surface area contributed by atoms with Crippen molar-refractivity contribution in [1.82, 2.24) is 14.9 Å². The predicted molar refractivity (Wildman–Crippen MR) is 129 cm³/mol. The standard InChI is InChI=1S/C24H21FN4OS2/c25-18-6-8-19(9-7-18)28-10-12-29(13-11-28)21(30)15-32-24-22-20(17-4-2-1-3-5-17)14-31-23(22)26-16-27-24/h1-9,14,16H,10-13,15H2. The molecule has 0 radical (unpaired) electrons. The molecule has 1 fully saturated rings. The van der Waals surface area contributed by atoms with Gasteiger partial charge in [-0.2, -0.15) is 0 Å². The number of halogens is 1. The van der Waals surface area contributed by atoms with Gasteiger partial charge < -0.3 is 9.80 Å². The van der Waals surface area contributed by atoms with Gasteiger partial charge >= 0.3 is 0 Å². The number of thiophene rings is 1. The molecule has 0 spiro atoms. The minimum Gasteiger partial charge on any atom is -0.368 e. The molecule has 0 unspecified atom stereocenters. The average molecular weight is 465 g/mol. The number of hydrogen-bond donors (Lipinski definition) is 0. The van der Waals surface area contributed by atoms with Crippen LogP contribution < -0.4 is 4.90 Å². The number of benzene rings is 2. The van der Waals surface area contributed by atoms with E-state index in [9.17, 15) is 9.18 Å². The summed E-state index contributed by atoms with van der Waals surface area (Å²) in [6.07, 6.45) is 1.57. The van der Waals surface area contributed by atoms with Gasteiger partial charge in [0.25, 0.3) is 0 Å². The highest BCUT2D eigenvalue weighted by Crippen LogP contribution is 2.37. The van der Waals surface area contributed by atoms with Crippen LogP contribution in [0.4, 0.5) is 10.1 Å². The van der Waals surface area contributed by atoms with E-state index in [1.807, 2.05) is 23.1 Å². The quantitative estimate of drug-likeness (QED) is 0.309. The molecule has 1 saturated heterocycles. The Balaban J connectivity index is 1.25. The lowest BCUT2D eigenvalue weighted by atomic mass is 10.1. The van der Waals surface area contributed by atoms with Gasteiger partial charge in [0.15, 0.2) is 0 Å². The summed E-state index contributed by atoms with van der Waals surface area (Å²) in [4.78, 5) is 26.8. The summed E-state index contributed by atoms with van der Waals surface area (Å²) in [5.41, 5.74) is 3.22. The highest BCUT2D eigenvalue weighted by atomic mass is 32.2. The van der Waals surface area contributed by atoms with Crippen LogP contribution >= 0.6 is 23.1 Å². The fourth-order valence-corrected chi connectivity index (χ4v) is 5.77. The predicted octanol–water partition coefficient (Wildman–Crippen LogP) is 4.94. The van der Waals surface area contributed by atoms with Crippen molar-refractivity contribution >= 4 is 44.9 Å². The van der Waals surface area contributed by atoms with E-state index >= 15 is 0 Å². The zero-order valence-corrected chi connectivity index (χ0v) is 18.9. The van der Waals surface area contributed by atoms with E-state index in [-0.39, 0.29) is 11.7 Å². The number of amides is 1. The largest absolute Gasteiger partial charge is 0.368 e. The van der Waals surface area contributed by atoms with E-state index in [0.717, 1.165) is 45.1 Å². The molecule has 1 aliphatic rings. The SMILES string of the molecule is O=C(CSc1ncnc2scc(-c3ccccc3)c12)N1CCN(c2ccc(F)cc2)CC1. The van der Waals surface area contributed by atoms with Crippen molar-refractivity contribution in [2.75, 3.05) is 36.8 Å². The second-order valence-corrected chi connectivity index (χ2v) is 9.33. The van der Waals surface area contributed by atoms with Crippen molar-refractivity contribution < 1.29 is 9.18 Å². The Morgan fingerprint density at radius 3 is 2.50 bits per heavy atom. The fraction of sp³-hybridized carbons (Fsp3) is 0.208. The number of hydrogen-bond acceptors (Lipinski definition) is 6. The molecule has 162 valence electrons. The Kier molecular flexibility index (Phi) is 6.05. The van der Waals surface area contributed by atoms with E-state index < -0.39 is 0 Å². The van der Waals surface area contributed by atoms with Crippen LogP contribution in [0.2, 0.25) is 0 Å². The summed E-state index contributed by atoms with van der Waals surface area (Å²) in [7, 11) is 0. The maximum Gasteiger partial charge on any atom is 0.233 e. The van der Waals surface area contributed by atoms with Gasteiger partial charge in [0.05, 0.1) is 11.1 Å². The molecule has 1 amide bonds. The van der Waals surface area contributed by atoms with Crippen molar-refractivity contribution in [3.05, 3.63) is 72.1 Å². The van der Waals surface area contributed by atoms with Crippen molar-refractivity contribution in [2.45, 2.75) is 5.03 Å². The van der Waals surface area contributed by atoms with Crippen molar-refractivity contribution in [2.24, 2.45) is 0 Å². The third kappa shape index (κ3) is 4.33. The van der Waals surface area contributed by atoms with Gasteiger partial charge in [-0.3, -0.25) is 4.79 Å². The lowest BCUT2D eigenvalue weighted by molar-refractivity contribution is -0.128. The molecule has 0 saturated carbocycles. The van der Waals surface area contributed by atoms with Crippen LogP contribution in [-0.4, -0.2) is 52.7 Å². The third-order valence-electron chi connectivity index (χ3n) is 5.58. The molecular formula is C24H21FN4OS2. The highest BCUT2D eigenvalue weighted by Gasteiger charge is 2.22. The van der Waals surface area contributed by atoms with Crippen LogP contribution in [0.5, 0.6) is 0 Å². The second kappa shape index (κ2) is 9.26. The molecule has 2 aromatic carbocycles. The van der Waals surface area contributed by atoms with Crippen LogP contribution in [0.15, 0.2) is 71.3 Å². The first-order valence-electron chi connectivity index (χ1n) is 10.4. The molecule has 0 bridgehead atoms. The maximum absolute atomic E-state index is 13.2. The monoisotopic (exact) mass is 464 g/mol. The number of fused-ring (bicyclic) bond motifs is 1. The van der Waals surface area contributed by atoms with Crippen LogP contribution in [-0.2, 0) is 4.79 Å². The Bertz CT molecular complexity index is 1220. The second-order valence-electron chi connectivity index (χ2n) is 7.51. The molecule has 0 atom stereocenters.